The predicted octanol–water partition coefficient (Wildman–Crippen LogP) is 0.673. The smallest absolute Gasteiger partial charge is 0.245 e. The van der Waals surface area contributed by atoms with E-state index in [1.54, 1.807) is 19.1 Å². The number of carbonyl (C=O) groups is 2. The SMILES string of the molecule is CC1NC(=O)CN(Cc2cccc(F)c2)C1=O. The normalized spacial score (nSPS) is 20.4. The Kier molecular flexibility index (Phi) is 3.08. The quantitative estimate of drug-likeness (QED) is 0.820. The summed E-state index contributed by atoms with van der Waals surface area (Å²) in [6.07, 6.45) is 0. The summed E-state index contributed by atoms with van der Waals surface area (Å²) in [6, 6.07) is 5.52. The summed E-state index contributed by atoms with van der Waals surface area (Å²) >= 11 is 0. The van der Waals surface area contributed by atoms with Crippen molar-refractivity contribution in [2.24, 2.45) is 0 Å². The molecule has 90 valence electrons. The molecule has 0 saturated carbocycles. The van der Waals surface area contributed by atoms with Gasteiger partial charge in [-0.15, -0.1) is 0 Å². The molecule has 1 aromatic rings. The highest BCUT2D eigenvalue weighted by Gasteiger charge is 2.29. The van der Waals surface area contributed by atoms with Gasteiger partial charge in [0.2, 0.25) is 11.8 Å². The molecule has 1 heterocycles. The average Bonchev–Trinajstić information content (AvgIpc) is 2.25. The van der Waals surface area contributed by atoms with Crippen LogP contribution in [0, 0.1) is 5.82 Å². The van der Waals surface area contributed by atoms with Gasteiger partial charge in [0.15, 0.2) is 0 Å². The van der Waals surface area contributed by atoms with Crippen molar-refractivity contribution in [3.05, 3.63) is 35.6 Å². The van der Waals surface area contributed by atoms with E-state index in [2.05, 4.69) is 5.32 Å². The van der Waals surface area contributed by atoms with Crippen LogP contribution in [0.1, 0.15) is 12.5 Å². The zero-order valence-corrected chi connectivity index (χ0v) is 9.44. The van der Waals surface area contributed by atoms with E-state index >= 15 is 0 Å². The van der Waals surface area contributed by atoms with Crippen LogP contribution in [0.25, 0.3) is 0 Å². The highest BCUT2D eigenvalue weighted by atomic mass is 19.1. The van der Waals surface area contributed by atoms with Gasteiger partial charge in [-0.1, -0.05) is 12.1 Å². The summed E-state index contributed by atoms with van der Waals surface area (Å²) in [5.41, 5.74) is 0.681. The fraction of sp³-hybridized carbons (Fsp3) is 0.333. The van der Waals surface area contributed by atoms with E-state index in [4.69, 9.17) is 0 Å². The summed E-state index contributed by atoms with van der Waals surface area (Å²) in [6.45, 7) is 1.92. The van der Waals surface area contributed by atoms with E-state index in [0.717, 1.165) is 0 Å². The molecule has 4 nitrogen and oxygen atoms in total. The van der Waals surface area contributed by atoms with E-state index in [0.29, 0.717) is 5.56 Å². The van der Waals surface area contributed by atoms with E-state index in [9.17, 15) is 14.0 Å². The molecule has 0 aliphatic carbocycles. The van der Waals surface area contributed by atoms with Crippen molar-refractivity contribution in [1.82, 2.24) is 10.2 Å². The Balaban J connectivity index is 2.12. The number of nitrogens with zero attached hydrogens (tertiary/aromatic N) is 1. The number of benzene rings is 1. The van der Waals surface area contributed by atoms with Gasteiger partial charge in [0.05, 0.1) is 6.54 Å². The Labute approximate surface area is 98.4 Å². The van der Waals surface area contributed by atoms with Gasteiger partial charge in [0.25, 0.3) is 0 Å². The van der Waals surface area contributed by atoms with Gasteiger partial charge >= 0.3 is 0 Å². The molecule has 1 fully saturated rings. The van der Waals surface area contributed by atoms with Gasteiger partial charge in [0, 0.05) is 6.54 Å². The zero-order valence-electron chi connectivity index (χ0n) is 9.44. The number of halogens is 1. The van der Waals surface area contributed by atoms with Gasteiger partial charge in [-0.2, -0.15) is 0 Å². The molecule has 1 atom stereocenters. The van der Waals surface area contributed by atoms with Crippen LogP contribution in [0.15, 0.2) is 24.3 Å². The maximum Gasteiger partial charge on any atom is 0.245 e. The molecule has 1 unspecified atom stereocenters. The lowest BCUT2D eigenvalue weighted by Gasteiger charge is -2.30. The highest BCUT2D eigenvalue weighted by molar-refractivity contribution is 5.94. The fourth-order valence-corrected chi connectivity index (χ4v) is 1.86. The summed E-state index contributed by atoms with van der Waals surface area (Å²) in [5, 5.41) is 2.55. The Bertz CT molecular complexity index is 462. The van der Waals surface area contributed by atoms with Crippen molar-refractivity contribution < 1.29 is 14.0 Å². The number of rotatable bonds is 2. The minimum absolute atomic E-state index is 0.0275. The van der Waals surface area contributed by atoms with Crippen LogP contribution in [0.5, 0.6) is 0 Å². The van der Waals surface area contributed by atoms with Crippen LogP contribution in [-0.4, -0.2) is 29.3 Å². The van der Waals surface area contributed by atoms with Crippen molar-refractivity contribution in [2.45, 2.75) is 19.5 Å². The molecule has 0 radical (unpaired) electrons. The molecule has 0 bridgehead atoms. The summed E-state index contributed by atoms with van der Waals surface area (Å²) in [4.78, 5) is 24.5. The van der Waals surface area contributed by atoms with Gasteiger partial charge in [0.1, 0.15) is 11.9 Å². The van der Waals surface area contributed by atoms with E-state index in [1.165, 1.54) is 17.0 Å². The number of nitrogens with one attached hydrogen (secondary N) is 1. The largest absolute Gasteiger partial charge is 0.343 e. The number of amides is 2. The molecule has 1 aromatic carbocycles. The van der Waals surface area contributed by atoms with Crippen LogP contribution < -0.4 is 5.32 Å². The van der Waals surface area contributed by atoms with E-state index in [1.807, 2.05) is 0 Å². The fourth-order valence-electron chi connectivity index (χ4n) is 1.86. The first kappa shape index (κ1) is 11.6. The molecule has 17 heavy (non-hydrogen) atoms. The molecule has 1 aliphatic heterocycles. The molecule has 5 heteroatoms. The van der Waals surface area contributed by atoms with E-state index < -0.39 is 6.04 Å². The van der Waals surface area contributed by atoms with E-state index in [-0.39, 0.29) is 30.7 Å². The maximum atomic E-state index is 13.0. The molecular formula is C12H13FN2O2. The van der Waals surface area contributed by atoms with Gasteiger partial charge in [-0.05, 0) is 24.6 Å². The summed E-state index contributed by atoms with van der Waals surface area (Å²) in [7, 11) is 0. The van der Waals surface area contributed by atoms with Crippen LogP contribution in [0.3, 0.4) is 0 Å². The van der Waals surface area contributed by atoms with Crippen molar-refractivity contribution in [3.63, 3.8) is 0 Å². The minimum atomic E-state index is -0.509. The van der Waals surface area contributed by atoms with Gasteiger partial charge in [-0.3, -0.25) is 9.59 Å². The number of hydrogen-bond donors (Lipinski definition) is 1. The predicted molar refractivity (Wildman–Crippen MR) is 59.4 cm³/mol. The Hall–Kier alpha value is -1.91. The number of piperazine rings is 1. The lowest BCUT2D eigenvalue weighted by atomic mass is 10.1. The van der Waals surface area contributed by atoms with Crippen LogP contribution in [0.2, 0.25) is 0 Å². The summed E-state index contributed by atoms with van der Waals surface area (Å²) in [5.74, 6) is -0.674. The van der Waals surface area contributed by atoms with Crippen LogP contribution in [0.4, 0.5) is 4.39 Å². The third kappa shape index (κ3) is 2.61. The second-order valence-electron chi connectivity index (χ2n) is 4.11. The standard InChI is InChI=1S/C12H13FN2O2/c1-8-12(17)15(7-11(16)14-8)6-9-3-2-4-10(13)5-9/h2-5,8H,6-7H2,1H3,(H,14,16). The average molecular weight is 236 g/mol. The third-order valence-electron chi connectivity index (χ3n) is 2.66. The molecule has 1 N–H and O–H groups in total. The second-order valence-corrected chi connectivity index (χ2v) is 4.11. The lowest BCUT2D eigenvalue weighted by molar-refractivity contribution is -0.144. The zero-order chi connectivity index (χ0) is 12.4. The van der Waals surface area contributed by atoms with Gasteiger partial charge < -0.3 is 10.2 Å². The van der Waals surface area contributed by atoms with Crippen LogP contribution >= 0.6 is 0 Å². The van der Waals surface area contributed by atoms with Crippen molar-refractivity contribution in [2.75, 3.05) is 6.54 Å². The number of hydrogen-bond acceptors (Lipinski definition) is 2. The Morgan fingerprint density at radius 1 is 1.47 bits per heavy atom. The molecule has 1 aliphatic rings. The lowest BCUT2D eigenvalue weighted by Crippen LogP contribution is -2.56. The van der Waals surface area contributed by atoms with Crippen molar-refractivity contribution in [3.8, 4) is 0 Å². The second kappa shape index (κ2) is 4.53. The molecule has 0 aromatic heterocycles. The first-order valence-electron chi connectivity index (χ1n) is 5.39. The third-order valence-corrected chi connectivity index (χ3v) is 2.66. The highest BCUT2D eigenvalue weighted by Crippen LogP contribution is 2.10. The van der Waals surface area contributed by atoms with Crippen molar-refractivity contribution >= 4 is 11.8 Å². The first-order chi connectivity index (χ1) is 8.06. The number of carbonyl (C=O) groups excluding carboxylic acids is 2. The first-order valence-corrected chi connectivity index (χ1v) is 5.39. The molecular weight excluding hydrogens is 223 g/mol. The monoisotopic (exact) mass is 236 g/mol. The summed E-state index contributed by atoms with van der Waals surface area (Å²) < 4.78 is 13.0. The minimum Gasteiger partial charge on any atom is -0.343 e. The molecule has 1 saturated heterocycles. The molecule has 0 spiro atoms. The maximum absolute atomic E-state index is 13.0. The molecule has 2 amide bonds. The Morgan fingerprint density at radius 3 is 2.94 bits per heavy atom. The Morgan fingerprint density at radius 2 is 2.24 bits per heavy atom. The van der Waals surface area contributed by atoms with Crippen LogP contribution in [-0.2, 0) is 16.1 Å². The topological polar surface area (TPSA) is 49.4 Å². The van der Waals surface area contributed by atoms with Crippen molar-refractivity contribution in [1.29, 1.82) is 0 Å². The van der Waals surface area contributed by atoms with Gasteiger partial charge in [-0.25, -0.2) is 4.39 Å². The molecule has 2 rings (SSSR count).